The Balaban J connectivity index is 1.44. The molecule has 1 fully saturated rings. The summed E-state index contributed by atoms with van der Waals surface area (Å²) >= 11 is 0.935. The van der Waals surface area contributed by atoms with E-state index in [0.29, 0.717) is 23.5 Å². The number of alkyl halides is 3. The molecule has 2 N–H and O–H groups in total. The highest BCUT2D eigenvalue weighted by Gasteiger charge is 2.37. The molecule has 41 heavy (non-hydrogen) atoms. The van der Waals surface area contributed by atoms with Crippen molar-refractivity contribution >= 4 is 38.5 Å². The second-order valence-corrected chi connectivity index (χ2v) is 13.2. The van der Waals surface area contributed by atoms with Gasteiger partial charge in [-0.3, -0.25) is 4.90 Å². The number of aliphatic hydroxyl groups excluding tert-OH is 1. The van der Waals surface area contributed by atoms with Crippen LogP contribution in [0.1, 0.15) is 29.3 Å². The molecule has 0 radical (unpaired) electrons. The van der Waals surface area contributed by atoms with Gasteiger partial charge in [0.15, 0.2) is 9.84 Å². The summed E-state index contributed by atoms with van der Waals surface area (Å²) in [6, 6.07) is 7.18. The number of nitrogens with one attached hydrogen (secondary N) is 1. The number of rotatable bonds is 7. The quantitative estimate of drug-likeness (QED) is 0.404. The van der Waals surface area contributed by atoms with Gasteiger partial charge >= 0.3 is 6.18 Å². The van der Waals surface area contributed by atoms with E-state index in [1.165, 1.54) is 6.07 Å². The number of fused-ring (bicyclic) bond motifs is 1. The van der Waals surface area contributed by atoms with Crippen molar-refractivity contribution in [2.45, 2.75) is 37.4 Å². The van der Waals surface area contributed by atoms with Gasteiger partial charge in [-0.2, -0.15) is 13.2 Å². The fourth-order valence-electron chi connectivity index (χ4n) is 5.08. The minimum absolute atomic E-state index is 0.00639. The van der Waals surface area contributed by atoms with Gasteiger partial charge in [-0.25, -0.2) is 18.4 Å². The summed E-state index contributed by atoms with van der Waals surface area (Å²) in [6.45, 7) is 6.32. The van der Waals surface area contributed by atoms with Gasteiger partial charge in [-0.1, -0.05) is 6.92 Å². The molecule has 0 unspecified atom stereocenters. The van der Waals surface area contributed by atoms with Gasteiger partial charge in [0, 0.05) is 48.6 Å². The summed E-state index contributed by atoms with van der Waals surface area (Å²) in [5.41, 5.74) is 1.26. The first-order chi connectivity index (χ1) is 19.6. The van der Waals surface area contributed by atoms with E-state index in [2.05, 4.69) is 31.2 Å². The van der Waals surface area contributed by atoms with E-state index in [4.69, 9.17) is 4.74 Å². The van der Waals surface area contributed by atoms with Crippen LogP contribution in [0, 0.1) is 0 Å². The maximum absolute atomic E-state index is 14.0. The lowest BCUT2D eigenvalue weighted by atomic mass is 10.1. The maximum Gasteiger partial charge on any atom is 0.420 e. The van der Waals surface area contributed by atoms with E-state index in [1.807, 2.05) is 19.1 Å². The van der Waals surface area contributed by atoms with Crippen LogP contribution in [0.2, 0.25) is 0 Å². The molecule has 9 nitrogen and oxygen atoms in total. The average Bonchev–Trinajstić information content (AvgIpc) is 3.16. The second-order valence-electron chi connectivity index (χ2n) is 9.95. The predicted octanol–water partition coefficient (Wildman–Crippen LogP) is 4.34. The molecule has 2 aliphatic heterocycles. The number of aliphatic hydroxyl groups is 1. The lowest BCUT2D eigenvalue weighted by Crippen LogP contribution is -2.32. The molecule has 0 spiro atoms. The maximum atomic E-state index is 14.0. The number of aromatic nitrogens is 2. The summed E-state index contributed by atoms with van der Waals surface area (Å²) in [4.78, 5) is 13.2. The van der Waals surface area contributed by atoms with Crippen LogP contribution in [0.25, 0.3) is 10.6 Å². The highest BCUT2D eigenvalue weighted by Crippen LogP contribution is 2.42. The predicted molar refractivity (Wildman–Crippen MR) is 152 cm³/mol. The van der Waals surface area contributed by atoms with Gasteiger partial charge in [0.1, 0.15) is 5.56 Å². The SMILES string of the molecule is CCc1cc(N2CCCN(CCO)CC2)ccc1Nc1ncc(C(F)(F)F)c(-c2cc3c(s2)COCCS3(=O)=O)n1. The smallest absolute Gasteiger partial charge is 0.395 e. The number of hydrogen-bond acceptors (Lipinski definition) is 10. The minimum atomic E-state index is -4.74. The van der Waals surface area contributed by atoms with Crippen LogP contribution in [0.15, 0.2) is 35.4 Å². The fourth-order valence-corrected chi connectivity index (χ4v) is 7.92. The molecule has 14 heteroatoms. The molecule has 0 aliphatic carbocycles. The van der Waals surface area contributed by atoms with Crippen LogP contribution in [0.5, 0.6) is 0 Å². The fraction of sp³-hybridized carbons (Fsp3) is 0.481. The third-order valence-electron chi connectivity index (χ3n) is 7.25. The van der Waals surface area contributed by atoms with Gasteiger partial charge in [0.05, 0.1) is 41.0 Å². The third kappa shape index (κ3) is 6.67. The molecule has 2 aromatic heterocycles. The Morgan fingerprint density at radius 1 is 1.17 bits per heavy atom. The van der Waals surface area contributed by atoms with E-state index >= 15 is 0 Å². The Kier molecular flexibility index (Phi) is 8.85. The molecule has 4 heterocycles. The Hall–Kier alpha value is -2.78. The molecule has 1 aromatic carbocycles. The highest BCUT2D eigenvalue weighted by molar-refractivity contribution is 7.91. The Labute approximate surface area is 240 Å². The van der Waals surface area contributed by atoms with Crippen molar-refractivity contribution in [3.05, 3.63) is 46.5 Å². The Morgan fingerprint density at radius 2 is 2.00 bits per heavy atom. The van der Waals surface area contributed by atoms with Crippen LogP contribution >= 0.6 is 11.3 Å². The van der Waals surface area contributed by atoms with Gasteiger partial charge in [-0.15, -0.1) is 11.3 Å². The van der Waals surface area contributed by atoms with Gasteiger partial charge in [0.2, 0.25) is 5.95 Å². The van der Waals surface area contributed by atoms with Crippen LogP contribution < -0.4 is 10.2 Å². The van der Waals surface area contributed by atoms with Gasteiger partial charge < -0.3 is 20.1 Å². The number of β-amino-alcohol motifs (C(OH)–C–C–N with tert-alkyl or cyclic N) is 1. The number of thiophene rings is 1. The van der Waals surface area contributed by atoms with Crippen molar-refractivity contribution in [3.63, 3.8) is 0 Å². The molecule has 0 amide bonds. The molecule has 0 atom stereocenters. The van der Waals surface area contributed by atoms with Gasteiger partial charge in [-0.05, 0) is 49.2 Å². The van der Waals surface area contributed by atoms with E-state index in [1.54, 1.807) is 0 Å². The number of halogens is 3. The zero-order chi connectivity index (χ0) is 29.2. The van der Waals surface area contributed by atoms with Crippen LogP contribution in [0.4, 0.5) is 30.5 Å². The highest BCUT2D eigenvalue weighted by atomic mass is 32.2. The second kappa shape index (κ2) is 12.2. The van der Waals surface area contributed by atoms with Crippen LogP contribution in [-0.2, 0) is 33.8 Å². The summed E-state index contributed by atoms with van der Waals surface area (Å²) < 4.78 is 72.6. The largest absolute Gasteiger partial charge is 0.420 e. The van der Waals surface area contributed by atoms with Crippen molar-refractivity contribution in [1.29, 1.82) is 0 Å². The van der Waals surface area contributed by atoms with Crippen molar-refractivity contribution in [1.82, 2.24) is 14.9 Å². The number of anilines is 3. The number of benzene rings is 1. The Morgan fingerprint density at radius 3 is 2.76 bits per heavy atom. The van der Waals surface area contributed by atoms with Crippen molar-refractivity contribution in [2.24, 2.45) is 0 Å². The zero-order valence-electron chi connectivity index (χ0n) is 22.6. The zero-order valence-corrected chi connectivity index (χ0v) is 24.2. The monoisotopic (exact) mass is 611 g/mol. The van der Waals surface area contributed by atoms with E-state index < -0.39 is 21.6 Å². The molecular formula is C27H32F3N5O4S2. The minimum Gasteiger partial charge on any atom is -0.395 e. The number of aryl methyl sites for hydroxylation is 1. The van der Waals surface area contributed by atoms with Crippen molar-refractivity contribution in [3.8, 4) is 10.6 Å². The number of sulfone groups is 1. The first kappa shape index (κ1) is 29.7. The summed E-state index contributed by atoms with van der Waals surface area (Å²) in [7, 11) is -3.68. The third-order valence-corrected chi connectivity index (χ3v) is 10.2. The Bertz CT molecular complexity index is 1500. The van der Waals surface area contributed by atoms with Crippen LogP contribution in [0.3, 0.4) is 0 Å². The van der Waals surface area contributed by atoms with E-state index in [-0.39, 0.29) is 47.0 Å². The molecule has 2 aliphatic rings. The number of hydrogen-bond donors (Lipinski definition) is 2. The number of nitrogens with zero attached hydrogens (tertiary/aromatic N) is 4. The van der Waals surface area contributed by atoms with Gasteiger partial charge in [0.25, 0.3) is 0 Å². The average molecular weight is 612 g/mol. The molecular weight excluding hydrogens is 579 g/mol. The molecule has 0 saturated carbocycles. The standard InChI is InChI=1S/C27H32F3N5O4S2/c1-2-18-14-19(35-7-3-6-34(8-9-35)10-11-36)4-5-21(18)32-26-31-16-20(27(28,29)30)25(33-26)22-15-24-23(40-22)17-39-12-13-41(24,37)38/h4-5,14-16,36H,2-3,6-13,17H2,1H3,(H,31,32,33). The topological polar surface area (TPSA) is 108 Å². The lowest BCUT2D eigenvalue weighted by molar-refractivity contribution is -0.137. The first-order valence-corrected chi connectivity index (χ1v) is 15.9. The van der Waals surface area contributed by atoms with Crippen LogP contribution in [-0.4, -0.2) is 80.1 Å². The molecule has 0 bridgehead atoms. The van der Waals surface area contributed by atoms with Crippen molar-refractivity contribution in [2.75, 3.05) is 61.9 Å². The molecule has 3 aromatic rings. The number of ether oxygens (including phenoxy) is 1. The first-order valence-electron chi connectivity index (χ1n) is 13.4. The summed E-state index contributed by atoms with van der Waals surface area (Å²) in [5, 5.41) is 12.3. The van der Waals surface area contributed by atoms with Crippen molar-refractivity contribution < 1.29 is 31.4 Å². The van der Waals surface area contributed by atoms with E-state index in [9.17, 15) is 26.7 Å². The normalized spacial score (nSPS) is 18.0. The molecule has 1 saturated heterocycles. The molecule has 5 rings (SSSR count). The van der Waals surface area contributed by atoms with E-state index in [0.717, 1.165) is 61.4 Å². The summed E-state index contributed by atoms with van der Waals surface area (Å²) in [5.74, 6) is -0.250. The molecule has 222 valence electrons. The summed E-state index contributed by atoms with van der Waals surface area (Å²) in [6.07, 6.45) is -2.36. The lowest BCUT2D eigenvalue weighted by Gasteiger charge is -2.25.